The molecule has 1 heterocycles. The van der Waals surface area contributed by atoms with Crippen LogP contribution in [0.4, 0.5) is 0 Å². The Kier molecular flexibility index (Phi) is 5.03. The van der Waals surface area contributed by atoms with Crippen LogP contribution in [0, 0.1) is 5.92 Å². The van der Waals surface area contributed by atoms with Crippen molar-refractivity contribution >= 4 is 15.7 Å². The summed E-state index contributed by atoms with van der Waals surface area (Å²) in [6.07, 6.45) is 6.19. The van der Waals surface area contributed by atoms with Gasteiger partial charge in [-0.3, -0.25) is 9.48 Å². The number of sulfone groups is 1. The molecule has 0 atom stereocenters. The molecule has 0 saturated heterocycles. The monoisotopic (exact) mass is 313 g/mol. The van der Waals surface area contributed by atoms with E-state index in [2.05, 4.69) is 10.4 Å². The average molecular weight is 313 g/mol. The zero-order valence-corrected chi connectivity index (χ0v) is 13.4. The molecule has 2 rings (SSSR count). The molecule has 7 heteroatoms. The van der Waals surface area contributed by atoms with E-state index in [-0.39, 0.29) is 11.2 Å². The second-order valence-electron chi connectivity index (χ2n) is 5.74. The SMILES string of the molecule is CCn1ccc(C(=O)NCC2CCC(S(C)(=O)=O)CC2)n1. The molecule has 1 aliphatic carbocycles. The average Bonchev–Trinajstić information content (AvgIpc) is 2.93. The third-order valence-corrected chi connectivity index (χ3v) is 5.83. The van der Waals surface area contributed by atoms with Crippen molar-refractivity contribution in [2.75, 3.05) is 12.8 Å². The molecule has 21 heavy (non-hydrogen) atoms. The van der Waals surface area contributed by atoms with E-state index >= 15 is 0 Å². The van der Waals surface area contributed by atoms with E-state index in [0.717, 1.165) is 19.4 Å². The minimum Gasteiger partial charge on any atom is -0.350 e. The van der Waals surface area contributed by atoms with Crippen LogP contribution in [-0.4, -0.2) is 42.2 Å². The van der Waals surface area contributed by atoms with E-state index in [9.17, 15) is 13.2 Å². The molecule has 0 unspecified atom stereocenters. The summed E-state index contributed by atoms with van der Waals surface area (Å²) in [6, 6.07) is 1.71. The van der Waals surface area contributed by atoms with E-state index < -0.39 is 9.84 Å². The van der Waals surface area contributed by atoms with Gasteiger partial charge in [-0.15, -0.1) is 0 Å². The van der Waals surface area contributed by atoms with Crippen molar-refractivity contribution in [2.45, 2.75) is 44.4 Å². The van der Waals surface area contributed by atoms with Crippen molar-refractivity contribution in [1.29, 1.82) is 0 Å². The molecular formula is C14H23N3O3S. The standard InChI is InChI=1S/C14H23N3O3S/c1-3-17-9-8-13(16-17)14(18)15-10-11-4-6-12(7-5-11)21(2,19)20/h8-9,11-12H,3-7,10H2,1-2H3,(H,15,18). The molecule has 0 aromatic carbocycles. The molecular weight excluding hydrogens is 290 g/mol. The van der Waals surface area contributed by atoms with Gasteiger partial charge in [-0.25, -0.2) is 8.42 Å². The van der Waals surface area contributed by atoms with Crippen LogP contribution < -0.4 is 5.32 Å². The number of hydrogen-bond acceptors (Lipinski definition) is 4. The lowest BCUT2D eigenvalue weighted by Crippen LogP contribution is -2.34. The maximum absolute atomic E-state index is 12.0. The van der Waals surface area contributed by atoms with Crippen LogP contribution in [0.15, 0.2) is 12.3 Å². The lowest BCUT2D eigenvalue weighted by molar-refractivity contribution is 0.0937. The number of hydrogen-bond donors (Lipinski definition) is 1. The van der Waals surface area contributed by atoms with E-state index in [4.69, 9.17) is 0 Å². The Balaban J connectivity index is 1.78. The van der Waals surface area contributed by atoms with Crippen molar-refractivity contribution in [1.82, 2.24) is 15.1 Å². The number of amides is 1. The van der Waals surface area contributed by atoms with Crippen molar-refractivity contribution < 1.29 is 13.2 Å². The van der Waals surface area contributed by atoms with Gasteiger partial charge in [0.15, 0.2) is 0 Å². The van der Waals surface area contributed by atoms with Crippen LogP contribution in [0.3, 0.4) is 0 Å². The van der Waals surface area contributed by atoms with Crippen molar-refractivity contribution in [3.63, 3.8) is 0 Å². The minimum absolute atomic E-state index is 0.160. The summed E-state index contributed by atoms with van der Waals surface area (Å²) < 4.78 is 24.7. The quantitative estimate of drug-likeness (QED) is 0.886. The largest absolute Gasteiger partial charge is 0.350 e. The summed E-state index contributed by atoms with van der Waals surface area (Å²) in [5, 5.41) is 6.85. The predicted octanol–water partition coefficient (Wildman–Crippen LogP) is 1.24. The zero-order chi connectivity index (χ0) is 15.5. The van der Waals surface area contributed by atoms with Crippen LogP contribution in [0.1, 0.15) is 43.1 Å². The Bertz CT molecular complexity index is 586. The number of carbonyl (C=O) groups excluding carboxylic acids is 1. The van der Waals surface area contributed by atoms with Crippen molar-refractivity contribution in [3.05, 3.63) is 18.0 Å². The fourth-order valence-corrected chi connectivity index (χ4v) is 3.88. The number of nitrogens with zero attached hydrogens (tertiary/aromatic N) is 2. The normalized spacial score (nSPS) is 23.0. The van der Waals surface area contributed by atoms with Gasteiger partial charge in [0.25, 0.3) is 5.91 Å². The van der Waals surface area contributed by atoms with Gasteiger partial charge in [0, 0.05) is 25.5 Å². The van der Waals surface area contributed by atoms with Crippen molar-refractivity contribution in [2.24, 2.45) is 5.92 Å². The molecule has 1 aliphatic rings. The van der Waals surface area contributed by atoms with Gasteiger partial charge in [-0.05, 0) is 44.6 Å². The Morgan fingerprint density at radius 2 is 2.05 bits per heavy atom. The number of rotatable bonds is 5. The number of nitrogens with one attached hydrogen (secondary N) is 1. The first kappa shape index (κ1) is 16.0. The summed E-state index contributed by atoms with van der Waals surface area (Å²) in [5.74, 6) is 0.202. The molecule has 1 N–H and O–H groups in total. The highest BCUT2D eigenvalue weighted by Crippen LogP contribution is 2.27. The highest BCUT2D eigenvalue weighted by molar-refractivity contribution is 7.91. The smallest absolute Gasteiger partial charge is 0.271 e. The molecule has 0 spiro atoms. The summed E-state index contributed by atoms with van der Waals surface area (Å²) in [4.78, 5) is 12.0. The van der Waals surface area contributed by atoms with E-state index in [0.29, 0.717) is 31.0 Å². The third kappa shape index (κ3) is 4.30. The van der Waals surface area contributed by atoms with Gasteiger partial charge in [-0.2, -0.15) is 5.10 Å². The van der Waals surface area contributed by atoms with E-state index in [1.165, 1.54) is 6.26 Å². The first-order valence-corrected chi connectivity index (χ1v) is 9.36. The minimum atomic E-state index is -2.92. The zero-order valence-electron chi connectivity index (χ0n) is 12.6. The van der Waals surface area contributed by atoms with E-state index in [1.807, 2.05) is 6.92 Å². The molecule has 1 aromatic heterocycles. The summed E-state index contributed by atoms with van der Waals surface area (Å²) in [7, 11) is -2.92. The topological polar surface area (TPSA) is 81.1 Å². The number of aryl methyl sites for hydroxylation is 1. The fraction of sp³-hybridized carbons (Fsp3) is 0.714. The second-order valence-corrected chi connectivity index (χ2v) is 8.06. The van der Waals surface area contributed by atoms with Crippen LogP contribution in [0.25, 0.3) is 0 Å². The lowest BCUT2D eigenvalue weighted by atomic mass is 9.89. The molecule has 1 fully saturated rings. The fourth-order valence-electron chi connectivity index (χ4n) is 2.75. The van der Waals surface area contributed by atoms with Gasteiger partial charge in [0.2, 0.25) is 0 Å². The molecule has 6 nitrogen and oxygen atoms in total. The highest BCUT2D eigenvalue weighted by atomic mass is 32.2. The maximum Gasteiger partial charge on any atom is 0.271 e. The Labute approximate surface area is 125 Å². The lowest BCUT2D eigenvalue weighted by Gasteiger charge is -2.27. The van der Waals surface area contributed by atoms with Crippen LogP contribution in [0.2, 0.25) is 0 Å². The number of aromatic nitrogens is 2. The summed E-state index contributed by atoms with van der Waals surface area (Å²) in [5.41, 5.74) is 0.432. The molecule has 118 valence electrons. The Morgan fingerprint density at radius 1 is 1.38 bits per heavy atom. The maximum atomic E-state index is 12.0. The van der Waals surface area contributed by atoms with Crippen LogP contribution in [0.5, 0.6) is 0 Å². The van der Waals surface area contributed by atoms with Gasteiger partial charge < -0.3 is 5.32 Å². The van der Waals surface area contributed by atoms with Gasteiger partial charge >= 0.3 is 0 Å². The first-order chi connectivity index (χ1) is 9.90. The van der Waals surface area contributed by atoms with Gasteiger partial charge in [0.1, 0.15) is 15.5 Å². The molecule has 0 aliphatic heterocycles. The molecule has 0 radical (unpaired) electrons. The third-order valence-electron chi connectivity index (χ3n) is 4.15. The molecule has 0 bridgehead atoms. The Morgan fingerprint density at radius 3 is 2.57 bits per heavy atom. The number of carbonyl (C=O) groups is 1. The molecule has 1 amide bonds. The summed E-state index contributed by atoms with van der Waals surface area (Å²) >= 11 is 0. The summed E-state index contributed by atoms with van der Waals surface area (Å²) in [6.45, 7) is 3.30. The van der Waals surface area contributed by atoms with Gasteiger partial charge in [-0.1, -0.05) is 0 Å². The van der Waals surface area contributed by atoms with Crippen LogP contribution in [-0.2, 0) is 16.4 Å². The van der Waals surface area contributed by atoms with Crippen LogP contribution >= 0.6 is 0 Å². The highest BCUT2D eigenvalue weighted by Gasteiger charge is 2.28. The van der Waals surface area contributed by atoms with E-state index in [1.54, 1.807) is 16.9 Å². The first-order valence-electron chi connectivity index (χ1n) is 7.40. The predicted molar refractivity (Wildman–Crippen MR) is 80.8 cm³/mol. The van der Waals surface area contributed by atoms with Crippen molar-refractivity contribution in [3.8, 4) is 0 Å². The Hall–Kier alpha value is -1.37. The second kappa shape index (κ2) is 6.60. The van der Waals surface area contributed by atoms with Gasteiger partial charge in [0.05, 0.1) is 5.25 Å². The molecule has 1 aromatic rings. The molecule has 1 saturated carbocycles.